The first kappa shape index (κ1) is 11.2. The number of hydrogen-bond acceptors (Lipinski definition) is 2. The average Bonchev–Trinajstić information content (AvgIpc) is 2.34. The fourth-order valence-electron chi connectivity index (χ4n) is 2.07. The molecule has 1 aliphatic heterocycles. The molecule has 0 atom stereocenters. The fraction of sp³-hybridized carbons (Fsp3) is 0.500. The van der Waals surface area contributed by atoms with Crippen LogP contribution in [0.15, 0.2) is 12.1 Å². The molecule has 1 heterocycles. The highest BCUT2D eigenvalue weighted by Crippen LogP contribution is 2.36. The van der Waals surface area contributed by atoms with Gasteiger partial charge in [0, 0.05) is 6.54 Å². The summed E-state index contributed by atoms with van der Waals surface area (Å²) in [6.45, 7) is 4.82. The Morgan fingerprint density at radius 3 is 2.56 bits per heavy atom. The minimum absolute atomic E-state index is 0.179. The van der Waals surface area contributed by atoms with Gasteiger partial charge in [-0.3, -0.25) is 0 Å². The molecule has 0 spiro atoms. The predicted molar refractivity (Wildman–Crippen MR) is 61.8 cm³/mol. The summed E-state index contributed by atoms with van der Waals surface area (Å²) >= 11 is 0. The number of hydrogen-bond donors (Lipinski definition) is 2. The summed E-state index contributed by atoms with van der Waals surface area (Å²) in [6.07, 6.45) is 1.73. The molecule has 16 heavy (non-hydrogen) atoms. The van der Waals surface area contributed by atoms with E-state index in [2.05, 4.69) is 10.6 Å². The quantitative estimate of drug-likeness (QED) is 0.808. The molecule has 2 nitrogen and oxygen atoms in total. The Kier molecular flexibility index (Phi) is 2.74. The monoisotopic (exact) mass is 226 g/mol. The van der Waals surface area contributed by atoms with Crippen molar-refractivity contribution in [2.24, 2.45) is 0 Å². The molecule has 0 amide bonds. The lowest BCUT2D eigenvalue weighted by Gasteiger charge is -2.39. The molecule has 0 radical (unpaired) electrons. The molecule has 0 unspecified atom stereocenters. The van der Waals surface area contributed by atoms with Crippen molar-refractivity contribution in [3.05, 3.63) is 23.8 Å². The Labute approximate surface area is 94.0 Å². The van der Waals surface area contributed by atoms with Crippen molar-refractivity contribution in [2.75, 3.05) is 17.2 Å². The molecule has 0 aliphatic carbocycles. The maximum absolute atomic E-state index is 13.6. The Morgan fingerprint density at radius 1 is 1.25 bits per heavy atom. The second-order valence-corrected chi connectivity index (χ2v) is 4.25. The van der Waals surface area contributed by atoms with Crippen molar-refractivity contribution < 1.29 is 8.78 Å². The number of nitrogens with one attached hydrogen (secondary N) is 2. The summed E-state index contributed by atoms with van der Waals surface area (Å²) in [4.78, 5) is 0. The molecule has 0 bridgehead atoms. The number of rotatable bonds is 2. The van der Waals surface area contributed by atoms with Gasteiger partial charge in [0.1, 0.15) is 0 Å². The highest BCUT2D eigenvalue weighted by atomic mass is 19.2. The van der Waals surface area contributed by atoms with Gasteiger partial charge in [-0.25, -0.2) is 8.78 Å². The van der Waals surface area contributed by atoms with Gasteiger partial charge in [0.15, 0.2) is 11.6 Å². The second kappa shape index (κ2) is 3.92. The molecule has 0 saturated carbocycles. The van der Waals surface area contributed by atoms with Gasteiger partial charge >= 0.3 is 0 Å². The van der Waals surface area contributed by atoms with Gasteiger partial charge in [0.2, 0.25) is 0 Å². The van der Waals surface area contributed by atoms with Crippen LogP contribution in [0.25, 0.3) is 0 Å². The highest BCUT2D eigenvalue weighted by molar-refractivity contribution is 5.73. The van der Waals surface area contributed by atoms with Crippen LogP contribution in [0.2, 0.25) is 0 Å². The van der Waals surface area contributed by atoms with E-state index in [1.54, 1.807) is 6.07 Å². The van der Waals surface area contributed by atoms with Gasteiger partial charge in [-0.05, 0) is 25.0 Å². The number of fused-ring (bicyclic) bond motifs is 1. The molecular formula is C12H16F2N2. The molecular weight excluding hydrogens is 210 g/mol. The molecule has 1 aromatic rings. The van der Waals surface area contributed by atoms with Crippen LogP contribution in [0.4, 0.5) is 20.2 Å². The lowest BCUT2D eigenvalue weighted by Crippen LogP contribution is -2.47. The van der Waals surface area contributed by atoms with E-state index in [4.69, 9.17) is 0 Å². The van der Waals surface area contributed by atoms with Crippen LogP contribution in [-0.4, -0.2) is 12.1 Å². The zero-order chi connectivity index (χ0) is 11.8. The zero-order valence-electron chi connectivity index (χ0n) is 9.53. The van der Waals surface area contributed by atoms with Crippen molar-refractivity contribution in [2.45, 2.75) is 32.2 Å². The number of benzene rings is 1. The largest absolute Gasteiger partial charge is 0.381 e. The van der Waals surface area contributed by atoms with E-state index in [9.17, 15) is 8.78 Å². The van der Waals surface area contributed by atoms with E-state index in [0.29, 0.717) is 5.69 Å². The van der Waals surface area contributed by atoms with E-state index >= 15 is 0 Å². The third-order valence-electron chi connectivity index (χ3n) is 3.46. The van der Waals surface area contributed by atoms with E-state index < -0.39 is 11.6 Å². The first-order chi connectivity index (χ1) is 7.62. The predicted octanol–water partition coefficient (Wildman–Crippen LogP) is 3.36. The van der Waals surface area contributed by atoms with E-state index in [1.165, 1.54) is 0 Å². The van der Waals surface area contributed by atoms with Crippen LogP contribution in [0.5, 0.6) is 0 Å². The van der Waals surface area contributed by atoms with Crippen molar-refractivity contribution in [1.82, 2.24) is 0 Å². The molecule has 0 saturated heterocycles. The summed E-state index contributed by atoms with van der Waals surface area (Å²) in [6, 6.07) is 2.71. The van der Waals surface area contributed by atoms with Gasteiger partial charge < -0.3 is 10.6 Å². The fourth-order valence-corrected chi connectivity index (χ4v) is 2.07. The van der Waals surface area contributed by atoms with Crippen molar-refractivity contribution in [1.29, 1.82) is 0 Å². The summed E-state index contributed by atoms with van der Waals surface area (Å²) < 4.78 is 26.7. The van der Waals surface area contributed by atoms with Gasteiger partial charge in [-0.2, -0.15) is 0 Å². The molecule has 0 fully saturated rings. The lowest BCUT2D eigenvalue weighted by atomic mass is 9.90. The third-order valence-corrected chi connectivity index (χ3v) is 3.46. The van der Waals surface area contributed by atoms with Crippen LogP contribution in [0.1, 0.15) is 26.7 Å². The second-order valence-electron chi connectivity index (χ2n) is 4.25. The van der Waals surface area contributed by atoms with Crippen LogP contribution >= 0.6 is 0 Å². The Hall–Kier alpha value is -1.32. The first-order valence-electron chi connectivity index (χ1n) is 5.62. The lowest BCUT2D eigenvalue weighted by molar-refractivity contribution is 0.440. The maximum Gasteiger partial charge on any atom is 0.184 e. The van der Waals surface area contributed by atoms with Crippen LogP contribution < -0.4 is 10.6 Å². The Bertz CT molecular complexity index is 400. The van der Waals surface area contributed by atoms with Crippen molar-refractivity contribution in [3.8, 4) is 0 Å². The summed E-state index contributed by atoms with van der Waals surface area (Å²) in [7, 11) is 0. The normalized spacial score (nSPS) is 17.2. The Morgan fingerprint density at radius 2 is 1.94 bits per heavy atom. The van der Waals surface area contributed by atoms with Gasteiger partial charge in [-0.1, -0.05) is 13.8 Å². The Balaban J connectivity index is 2.42. The smallest absolute Gasteiger partial charge is 0.184 e. The van der Waals surface area contributed by atoms with E-state index in [0.717, 1.165) is 25.5 Å². The topological polar surface area (TPSA) is 24.1 Å². The first-order valence-corrected chi connectivity index (χ1v) is 5.62. The molecule has 4 heteroatoms. The zero-order valence-corrected chi connectivity index (χ0v) is 9.53. The van der Waals surface area contributed by atoms with Crippen LogP contribution in [-0.2, 0) is 0 Å². The minimum atomic E-state index is -0.809. The molecule has 1 aromatic carbocycles. The SMILES string of the molecule is CCC1(CC)CNc2ccc(F)c(F)c2N1. The standard InChI is InChI=1S/C12H16F2N2/c1-3-12(4-2)7-15-9-6-5-8(13)10(14)11(9)16-12/h5-6,15-16H,3-4,7H2,1-2H3. The van der Waals surface area contributed by atoms with E-state index in [-0.39, 0.29) is 11.2 Å². The molecule has 0 aromatic heterocycles. The average molecular weight is 226 g/mol. The van der Waals surface area contributed by atoms with Crippen molar-refractivity contribution >= 4 is 11.4 Å². The molecule has 88 valence electrons. The highest BCUT2D eigenvalue weighted by Gasteiger charge is 2.32. The molecule has 2 rings (SSSR count). The molecule has 1 aliphatic rings. The number of anilines is 2. The molecule has 2 N–H and O–H groups in total. The minimum Gasteiger partial charge on any atom is -0.381 e. The van der Waals surface area contributed by atoms with Gasteiger partial charge in [0.05, 0.1) is 16.9 Å². The summed E-state index contributed by atoms with van der Waals surface area (Å²) in [5.74, 6) is -1.60. The van der Waals surface area contributed by atoms with E-state index in [1.807, 2.05) is 13.8 Å². The number of halogens is 2. The summed E-state index contributed by atoms with van der Waals surface area (Å²) in [5, 5.41) is 6.30. The summed E-state index contributed by atoms with van der Waals surface area (Å²) in [5.41, 5.74) is 0.716. The maximum atomic E-state index is 13.6. The van der Waals surface area contributed by atoms with Crippen molar-refractivity contribution in [3.63, 3.8) is 0 Å². The van der Waals surface area contributed by atoms with Gasteiger partial charge in [0.25, 0.3) is 0 Å². The van der Waals surface area contributed by atoms with Gasteiger partial charge in [-0.15, -0.1) is 0 Å². The van der Waals surface area contributed by atoms with Crippen LogP contribution in [0, 0.1) is 11.6 Å². The van der Waals surface area contributed by atoms with Crippen LogP contribution in [0.3, 0.4) is 0 Å². The third kappa shape index (κ3) is 1.62.